The zero-order valence-corrected chi connectivity index (χ0v) is 8.29. The van der Waals surface area contributed by atoms with Crippen molar-refractivity contribution in [3.63, 3.8) is 0 Å². The van der Waals surface area contributed by atoms with E-state index < -0.39 is 0 Å². The van der Waals surface area contributed by atoms with Crippen LogP contribution in [0.2, 0.25) is 0 Å². The number of likely N-dealkylation sites (N-methyl/N-ethyl adjacent to an activating group) is 1. The molecule has 72 valence electrons. The van der Waals surface area contributed by atoms with Gasteiger partial charge in [-0.3, -0.25) is 0 Å². The SMILES string of the molecule is CN1CCc2c1ccc1c2OC=CC1. The number of rotatable bonds is 0. The first-order valence-electron chi connectivity index (χ1n) is 5.04. The molecule has 0 radical (unpaired) electrons. The van der Waals surface area contributed by atoms with Gasteiger partial charge in [0.15, 0.2) is 0 Å². The highest BCUT2D eigenvalue weighted by atomic mass is 16.5. The smallest absolute Gasteiger partial charge is 0.135 e. The van der Waals surface area contributed by atoms with E-state index >= 15 is 0 Å². The van der Waals surface area contributed by atoms with Crippen LogP contribution in [0.25, 0.3) is 0 Å². The average Bonchev–Trinajstić information content (AvgIpc) is 2.61. The number of allylic oxidation sites excluding steroid dienone is 1. The van der Waals surface area contributed by atoms with E-state index in [1.165, 1.54) is 16.8 Å². The summed E-state index contributed by atoms with van der Waals surface area (Å²) in [5.74, 6) is 1.11. The zero-order chi connectivity index (χ0) is 9.54. The van der Waals surface area contributed by atoms with Gasteiger partial charge in [0.25, 0.3) is 0 Å². The Morgan fingerprint density at radius 1 is 1.36 bits per heavy atom. The Morgan fingerprint density at radius 3 is 3.21 bits per heavy atom. The average molecular weight is 187 g/mol. The molecule has 0 aromatic heterocycles. The largest absolute Gasteiger partial charge is 0.465 e. The maximum absolute atomic E-state index is 5.61. The van der Waals surface area contributed by atoms with E-state index in [1.807, 2.05) is 0 Å². The first kappa shape index (κ1) is 7.92. The van der Waals surface area contributed by atoms with E-state index in [0.29, 0.717) is 0 Å². The van der Waals surface area contributed by atoms with Crippen molar-refractivity contribution in [3.05, 3.63) is 35.6 Å². The molecule has 2 nitrogen and oxygen atoms in total. The number of anilines is 1. The zero-order valence-electron chi connectivity index (χ0n) is 8.29. The summed E-state index contributed by atoms with van der Waals surface area (Å²) in [5, 5.41) is 0. The Bertz CT molecular complexity index is 409. The topological polar surface area (TPSA) is 12.5 Å². The monoisotopic (exact) mass is 187 g/mol. The minimum Gasteiger partial charge on any atom is -0.465 e. The van der Waals surface area contributed by atoms with Gasteiger partial charge in [0.1, 0.15) is 5.75 Å². The summed E-state index contributed by atoms with van der Waals surface area (Å²) >= 11 is 0. The Morgan fingerprint density at radius 2 is 2.29 bits per heavy atom. The Balaban J connectivity index is 2.18. The third kappa shape index (κ3) is 0.969. The van der Waals surface area contributed by atoms with Gasteiger partial charge in [0, 0.05) is 24.8 Å². The number of benzene rings is 1. The van der Waals surface area contributed by atoms with Gasteiger partial charge in [-0.15, -0.1) is 0 Å². The van der Waals surface area contributed by atoms with Crippen molar-refractivity contribution in [2.45, 2.75) is 12.8 Å². The van der Waals surface area contributed by atoms with Crippen LogP contribution in [-0.4, -0.2) is 13.6 Å². The molecule has 0 spiro atoms. The Hall–Kier alpha value is -1.44. The molecule has 3 rings (SSSR count). The minimum absolute atomic E-state index is 1.01. The molecule has 14 heavy (non-hydrogen) atoms. The van der Waals surface area contributed by atoms with Crippen LogP contribution in [0.3, 0.4) is 0 Å². The van der Waals surface area contributed by atoms with Crippen LogP contribution in [0.4, 0.5) is 5.69 Å². The highest BCUT2D eigenvalue weighted by Gasteiger charge is 2.22. The first-order valence-corrected chi connectivity index (χ1v) is 5.04. The number of fused-ring (bicyclic) bond motifs is 3. The van der Waals surface area contributed by atoms with E-state index in [2.05, 4.69) is 30.2 Å². The fraction of sp³-hybridized carbons (Fsp3) is 0.333. The fourth-order valence-corrected chi connectivity index (χ4v) is 2.26. The molecule has 0 fully saturated rings. The van der Waals surface area contributed by atoms with Crippen molar-refractivity contribution in [2.24, 2.45) is 0 Å². The number of hydrogen-bond donors (Lipinski definition) is 0. The molecule has 0 N–H and O–H groups in total. The molecule has 1 aromatic carbocycles. The van der Waals surface area contributed by atoms with E-state index in [9.17, 15) is 0 Å². The second-order valence-corrected chi connectivity index (χ2v) is 3.92. The van der Waals surface area contributed by atoms with E-state index in [-0.39, 0.29) is 0 Å². The van der Waals surface area contributed by atoms with Gasteiger partial charge in [-0.1, -0.05) is 6.07 Å². The molecule has 0 saturated heterocycles. The highest BCUT2D eigenvalue weighted by Crippen LogP contribution is 2.38. The van der Waals surface area contributed by atoms with Crippen LogP contribution in [0.1, 0.15) is 11.1 Å². The Kier molecular flexibility index (Phi) is 1.57. The lowest BCUT2D eigenvalue weighted by Crippen LogP contribution is -2.12. The van der Waals surface area contributed by atoms with Crippen LogP contribution in [0.5, 0.6) is 5.75 Å². The van der Waals surface area contributed by atoms with Crippen molar-refractivity contribution >= 4 is 5.69 Å². The summed E-state index contributed by atoms with van der Waals surface area (Å²) in [5.41, 5.74) is 4.04. The van der Waals surface area contributed by atoms with Crippen molar-refractivity contribution in [2.75, 3.05) is 18.5 Å². The van der Waals surface area contributed by atoms with Crippen LogP contribution >= 0.6 is 0 Å². The van der Waals surface area contributed by atoms with Crippen molar-refractivity contribution < 1.29 is 4.74 Å². The number of hydrogen-bond acceptors (Lipinski definition) is 2. The maximum Gasteiger partial charge on any atom is 0.135 e. The number of nitrogens with zero attached hydrogens (tertiary/aromatic N) is 1. The third-order valence-corrected chi connectivity index (χ3v) is 3.05. The van der Waals surface area contributed by atoms with Gasteiger partial charge >= 0.3 is 0 Å². The van der Waals surface area contributed by atoms with Crippen molar-refractivity contribution in [1.29, 1.82) is 0 Å². The molecule has 0 unspecified atom stereocenters. The van der Waals surface area contributed by atoms with E-state index in [0.717, 1.165) is 25.1 Å². The normalized spacial score (nSPS) is 17.6. The standard InChI is InChI=1S/C12H13NO/c1-13-7-6-10-11(13)5-4-9-3-2-8-14-12(9)10/h2,4-5,8H,3,6-7H2,1H3. The molecule has 2 aliphatic heterocycles. The lowest BCUT2D eigenvalue weighted by molar-refractivity contribution is 0.460. The predicted molar refractivity (Wildman–Crippen MR) is 56.9 cm³/mol. The second kappa shape index (κ2) is 2.77. The van der Waals surface area contributed by atoms with Crippen LogP contribution in [0.15, 0.2) is 24.5 Å². The molecular weight excluding hydrogens is 174 g/mol. The maximum atomic E-state index is 5.61. The summed E-state index contributed by atoms with van der Waals surface area (Å²) in [6.07, 6.45) is 5.99. The minimum atomic E-state index is 1.01. The fourth-order valence-electron chi connectivity index (χ4n) is 2.26. The van der Waals surface area contributed by atoms with Crippen molar-refractivity contribution in [1.82, 2.24) is 0 Å². The van der Waals surface area contributed by atoms with E-state index in [1.54, 1.807) is 6.26 Å². The third-order valence-electron chi connectivity index (χ3n) is 3.05. The molecule has 0 bridgehead atoms. The molecule has 0 saturated carbocycles. The lowest BCUT2D eigenvalue weighted by atomic mass is 10.0. The highest BCUT2D eigenvalue weighted by molar-refractivity contribution is 5.65. The summed E-state index contributed by atoms with van der Waals surface area (Å²) in [6.45, 7) is 1.11. The second-order valence-electron chi connectivity index (χ2n) is 3.92. The van der Waals surface area contributed by atoms with E-state index in [4.69, 9.17) is 4.74 Å². The molecule has 0 aliphatic carbocycles. The number of ether oxygens (including phenoxy) is 1. The van der Waals surface area contributed by atoms with Gasteiger partial charge in [-0.25, -0.2) is 0 Å². The lowest BCUT2D eigenvalue weighted by Gasteiger charge is -2.17. The first-order chi connectivity index (χ1) is 6.86. The van der Waals surface area contributed by atoms with Gasteiger partial charge in [0.05, 0.1) is 6.26 Å². The van der Waals surface area contributed by atoms with Gasteiger partial charge in [-0.2, -0.15) is 0 Å². The van der Waals surface area contributed by atoms with Gasteiger partial charge in [0.2, 0.25) is 0 Å². The summed E-state index contributed by atoms with van der Waals surface area (Å²) in [7, 11) is 2.14. The molecule has 1 aromatic rings. The van der Waals surface area contributed by atoms with Crippen LogP contribution in [0, 0.1) is 0 Å². The molecule has 2 heterocycles. The molecule has 0 atom stereocenters. The Labute approximate surface area is 83.8 Å². The molecule has 2 heteroatoms. The summed E-state index contributed by atoms with van der Waals surface area (Å²) < 4.78 is 5.61. The van der Waals surface area contributed by atoms with Crippen molar-refractivity contribution in [3.8, 4) is 5.75 Å². The molecule has 2 aliphatic rings. The van der Waals surface area contributed by atoms with Gasteiger partial charge in [-0.05, 0) is 30.5 Å². The van der Waals surface area contributed by atoms with Gasteiger partial charge < -0.3 is 9.64 Å². The predicted octanol–water partition coefficient (Wildman–Crippen LogP) is 2.13. The van der Waals surface area contributed by atoms with Crippen LogP contribution in [-0.2, 0) is 12.8 Å². The summed E-state index contributed by atoms with van der Waals surface area (Å²) in [6, 6.07) is 4.39. The van der Waals surface area contributed by atoms with Crippen LogP contribution < -0.4 is 9.64 Å². The summed E-state index contributed by atoms with van der Waals surface area (Å²) in [4.78, 5) is 2.29. The molecule has 0 amide bonds. The quantitative estimate of drug-likeness (QED) is 0.617. The molecular formula is C12H13NO.